The average Bonchev–Trinajstić information content (AvgIpc) is 2.72. The van der Waals surface area contributed by atoms with Gasteiger partial charge in [0.15, 0.2) is 0 Å². The quantitative estimate of drug-likeness (QED) is 0.0596. The van der Waals surface area contributed by atoms with E-state index in [0.717, 1.165) is 38.5 Å². The molecular formula is C24H50NaO5P. The van der Waals surface area contributed by atoms with E-state index in [1.54, 1.807) is 0 Å². The molecule has 7 heteroatoms. The van der Waals surface area contributed by atoms with E-state index in [0.29, 0.717) is 6.61 Å². The Morgan fingerprint density at radius 1 is 0.548 bits per heavy atom. The number of phosphoric acid groups is 1. The summed E-state index contributed by atoms with van der Waals surface area (Å²) >= 11 is 0. The topological polar surface area (TPSA) is 67.8 Å². The molecule has 0 saturated carbocycles. The fraction of sp³-hybridized carbons (Fsp3) is 1.00. The maximum Gasteiger partial charge on any atom is 1.00 e. The molecule has 5 nitrogen and oxygen atoms in total. The van der Waals surface area contributed by atoms with Crippen LogP contribution in [0.1, 0.15) is 142 Å². The largest absolute Gasteiger partial charge is 1.00 e. The molecule has 0 aliphatic rings. The van der Waals surface area contributed by atoms with Crippen LogP contribution in [-0.2, 0) is 18.7 Å². The van der Waals surface area contributed by atoms with E-state index in [1.807, 2.05) is 0 Å². The molecule has 31 heavy (non-hydrogen) atoms. The van der Waals surface area contributed by atoms with Gasteiger partial charge in [-0.25, -0.2) is 4.89 Å². The average molecular weight is 473 g/mol. The maximum absolute atomic E-state index is 11.5. The Morgan fingerprint density at radius 3 is 1.29 bits per heavy atom. The van der Waals surface area contributed by atoms with Gasteiger partial charge in [-0.3, -0.25) is 4.57 Å². The minimum Gasteiger partial charge on any atom is -0.754 e. The predicted octanol–water partition coefficient (Wildman–Crippen LogP) is 5.27. The molecule has 0 aliphatic carbocycles. The Labute approximate surface area is 215 Å². The standard InChI is InChI=1S/C24H51O5P.Na/c1-3-5-7-9-10-11-12-13-14-15-16-17-18-19-20-21-23-27-29-30(25,26)28-24-22-8-6-4-2;/h3-24H2,1-2H3,(H,25,26);/q;+1/p-1. The molecule has 0 saturated heterocycles. The van der Waals surface area contributed by atoms with Gasteiger partial charge in [0.05, 0.1) is 13.2 Å². The predicted molar refractivity (Wildman–Crippen MR) is 124 cm³/mol. The van der Waals surface area contributed by atoms with Crippen LogP contribution in [0.25, 0.3) is 0 Å². The molecule has 0 bridgehead atoms. The van der Waals surface area contributed by atoms with Gasteiger partial charge in [-0.05, 0) is 12.8 Å². The number of hydrogen-bond donors (Lipinski definition) is 0. The van der Waals surface area contributed by atoms with Gasteiger partial charge in [-0.15, -0.1) is 0 Å². The molecule has 1 atom stereocenters. The molecule has 0 radical (unpaired) electrons. The van der Waals surface area contributed by atoms with E-state index in [1.165, 1.54) is 89.9 Å². The van der Waals surface area contributed by atoms with Gasteiger partial charge in [0, 0.05) is 0 Å². The Balaban J connectivity index is 0. The molecule has 0 spiro atoms. The first-order chi connectivity index (χ1) is 14.6. The number of phosphoric ester groups is 1. The molecule has 0 rings (SSSR count). The Bertz CT molecular complexity index is 385. The summed E-state index contributed by atoms with van der Waals surface area (Å²) in [7, 11) is -4.30. The molecule has 0 fully saturated rings. The first-order valence-electron chi connectivity index (χ1n) is 12.9. The third-order valence-corrected chi connectivity index (χ3v) is 6.26. The Kier molecular flexibility index (Phi) is 30.2. The van der Waals surface area contributed by atoms with Crippen molar-refractivity contribution in [1.29, 1.82) is 0 Å². The minimum atomic E-state index is -4.30. The van der Waals surface area contributed by atoms with Gasteiger partial charge in [-0.1, -0.05) is 129 Å². The fourth-order valence-electron chi connectivity index (χ4n) is 3.54. The first kappa shape index (κ1) is 34.2. The van der Waals surface area contributed by atoms with Gasteiger partial charge in [0.2, 0.25) is 0 Å². The molecule has 0 aromatic rings. The van der Waals surface area contributed by atoms with Crippen LogP contribution in [0, 0.1) is 0 Å². The van der Waals surface area contributed by atoms with Crippen LogP contribution >= 0.6 is 7.82 Å². The molecule has 0 aromatic carbocycles. The van der Waals surface area contributed by atoms with E-state index >= 15 is 0 Å². The third kappa shape index (κ3) is 29.0. The zero-order valence-electron chi connectivity index (χ0n) is 21.0. The van der Waals surface area contributed by atoms with Crippen molar-refractivity contribution in [3.05, 3.63) is 0 Å². The van der Waals surface area contributed by atoms with Crippen LogP contribution in [0.15, 0.2) is 0 Å². The van der Waals surface area contributed by atoms with Crippen molar-refractivity contribution in [2.24, 2.45) is 0 Å². The van der Waals surface area contributed by atoms with Crippen molar-refractivity contribution in [3.63, 3.8) is 0 Å². The van der Waals surface area contributed by atoms with Crippen LogP contribution in [0.3, 0.4) is 0 Å². The summed E-state index contributed by atoms with van der Waals surface area (Å²) in [5.74, 6) is 0. The van der Waals surface area contributed by atoms with Gasteiger partial charge in [0.25, 0.3) is 7.82 Å². The zero-order chi connectivity index (χ0) is 22.2. The smallest absolute Gasteiger partial charge is 0.754 e. The van der Waals surface area contributed by atoms with Crippen molar-refractivity contribution < 1.29 is 53.1 Å². The SMILES string of the molecule is CCCCCCCCCCCCCCCCCCOOP(=O)([O-])OCCCCCC.[Na+]. The van der Waals surface area contributed by atoms with Gasteiger partial charge < -0.3 is 9.42 Å². The van der Waals surface area contributed by atoms with E-state index in [9.17, 15) is 9.46 Å². The first-order valence-corrected chi connectivity index (χ1v) is 14.3. The van der Waals surface area contributed by atoms with Crippen LogP contribution in [0.2, 0.25) is 0 Å². The zero-order valence-corrected chi connectivity index (χ0v) is 23.9. The minimum absolute atomic E-state index is 0. The second-order valence-electron chi connectivity index (χ2n) is 8.54. The Hall–Kier alpha value is 1.07. The molecular weight excluding hydrogens is 422 g/mol. The van der Waals surface area contributed by atoms with E-state index in [-0.39, 0.29) is 36.2 Å². The summed E-state index contributed by atoms with van der Waals surface area (Å²) in [4.78, 5) is 16.3. The van der Waals surface area contributed by atoms with Crippen LogP contribution in [0.4, 0.5) is 0 Å². The molecule has 0 aromatic heterocycles. The molecule has 0 N–H and O–H groups in total. The van der Waals surface area contributed by atoms with E-state index in [2.05, 4.69) is 18.5 Å². The van der Waals surface area contributed by atoms with Crippen molar-refractivity contribution in [1.82, 2.24) is 0 Å². The van der Waals surface area contributed by atoms with Crippen molar-refractivity contribution in [2.45, 2.75) is 142 Å². The van der Waals surface area contributed by atoms with E-state index < -0.39 is 7.82 Å². The summed E-state index contributed by atoms with van der Waals surface area (Å²) in [6.45, 7) is 4.84. The second-order valence-corrected chi connectivity index (χ2v) is 9.84. The summed E-state index contributed by atoms with van der Waals surface area (Å²) in [5.41, 5.74) is 0. The molecule has 0 amide bonds. The molecule has 182 valence electrons. The summed E-state index contributed by atoms with van der Waals surface area (Å²) < 4.78 is 20.7. The summed E-state index contributed by atoms with van der Waals surface area (Å²) in [6.07, 6.45) is 24.8. The number of unbranched alkanes of at least 4 members (excludes halogenated alkanes) is 18. The summed E-state index contributed by atoms with van der Waals surface area (Å²) in [5, 5.41) is 0. The number of rotatable bonds is 25. The van der Waals surface area contributed by atoms with Gasteiger partial charge in [0.1, 0.15) is 0 Å². The van der Waals surface area contributed by atoms with Crippen molar-refractivity contribution >= 4 is 7.82 Å². The van der Waals surface area contributed by atoms with Crippen LogP contribution in [-0.4, -0.2) is 13.2 Å². The number of hydrogen-bond acceptors (Lipinski definition) is 5. The normalized spacial score (nSPS) is 13.1. The summed E-state index contributed by atoms with van der Waals surface area (Å²) in [6, 6.07) is 0. The van der Waals surface area contributed by atoms with Crippen molar-refractivity contribution in [2.75, 3.05) is 13.2 Å². The molecule has 0 aliphatic heterocycles. The third-order valence-electron chi connectivity index (χ3n) is 5.47. The monoisotopic (exact) mass is 472 g/mol. The molecule has 0 heterocycles. The second kappa shape index (κ2) is 27.3. The van der Waals surface area contributed by atoms with Gasteiger partial charge >= 0.3 is 29.6 Å². The molecule has 1 unspecified atom stereocenters. The van der Waals surface area contributed by atoms with Crippen LogP contribution < -0.4 is 34.5 Å². The fourth-order valence-corrected chi connectivity index (χ4v) is 4.14. The van der Waals surface area contributed by atoms with Crippen LogP contribution in [0.5, 0.6) is 0 Å². The van der Waals surface area contributed by atoms with Crippen molar-refractivity contribution in [3.8, 4) is 0 Å². The maximum atomic E-state index is 11.5. The van der Waals surface area contributed by atoms with E-state index in [4.69, 9.17) is 9.41 Å². The Morgan fingerprint density at radius 2 is 0.871 bits per heavy atom. The van der Waals surface area contributed by atoms with Gasteiger partial charge in [-0.2, -0.15) is 4.67 Å².